The molecule has 2 bridgehead atoms. The minimum absolute atomic E-state index is 0.0332. The van der Waals surface area contributed by atoms with Crippen molar-refractivity contribution in [2.45, 2.75) is 68.6 Å². The van der Waals surface area contributed by atoms with E-state index < -0.39 is 38.5 Å². The highest BCUT2D eigenvalue weighted by atomic mass is 35.5. The molecular formula is C37H41ClFN3O5S. The molecule has 2 aromatic carbocycles. The van der Waals surface area contributed by atoms with Gasteiger partial charge in [-0.1, -0.05) is 36.7 Å². The standard InChI is InChI=1S/C37H41ClFN3O5S/c1-23-6-3-16-37(44,34-31(39)8-5-17-40-34)30-12-9-27(30)20-42-21-36(15-4-7-25-18-28(38)11-13-29(25)36)22-47-33-14-10-26(19-32(33)42)35(43)41-48(45,46)24(23)2/h3,5,8,10-11,13-14,16-19,23-24,27,30,44H,4,6-7,9,12,15,20-22H2,1-2H3,(H,41,43)/b16-3-/t23-,24+,27-,30+,36-,37+/m0/s1. The molecular weight excluding hydrogens is 653 g/mol. The van der Waals surface area contributed by atoms with E-state index in [0.29, 0.717) is 49.0 Å². The molecule has 2 N–H and O–H groups in total. The van der Waals surface area contributed by atoms with E-state index in [1.54, 1.807) is 44.2 Å². The number of sulfonamides is 1. The number of carbonyl (C=O) groups excluding carboxylic acids is 1. The number of rotatable bonds is 1. The summed E-state index contributed by atoms with van der Waals surface area (Å²) < 4.78 is 51.0. The Hall–Kier alpha value is -3.47. The lowest BCUT2D eigenvalue weighted by atomic mass is 9.63. The second kappa shape index (κ2) is 12.4. The second-order valence-corrected chi connectivity index (χ2v) is 16.7. The molecule has 2 aliphatic carbocycles. The molecule has 0 unspecified atom stereocenters. The fourth-order valence-electron chi connectivity index (χ4n) is 8.20. The van der Waals surface area contributed by atoms with Crippen molar-refractivity contribution in [2.24, 2.45) is 17.8 Å². The van der Waals surface area contributed by atoms with Crippen LogP contribution in [0, 0.1) is 23.6 Å². The molecule has 3 aromatic rings. The van der Waals surface area contributed by atoms with Gasteiger partial charge in [-0.25, -0.2) is 17.5 Å². The Balaban J connectivity index is 1.36. The molecule has 11 heteroatoms. The number of aliphatic hydroxyl groups is 1. The molecule has 1 fully saturated rings. The van der Waals surface area contributed by atoms with Gasteiger partial charge in [0.2, 0.25) is 10.0 Å². The summed E-state index contributed by atoms with van der Waals surface area (Å²) in [6, 6.07) is 13.9. The van der Waals surface area contributed by atoms with Crippen LogP contribution in [0.1, 0.15) is 73.1 Å². The molecule has 1 amide bonds. The maximum Gasteiger partial charge on any atom is 0.264 e. The van der Waals surface area contributed by atoms with Crippen LogP contribution in [0.15, 0.2) is 66.9 Å². The third kappa shape index (κ3) is 5.79. The van der Waals surface area contributed by atoms with E-state index in [2.05, 4.69) is 20.7 Å². The van der Waals surface area contributed by atoms with Crippen LogP contribution in [0.25, 0.3) is 0 Å². The minimum atomic E-state index is -4.06. The Labute approximate surface area is 286 Å². The monoisotopic (exact) mass is 693 g/mol. The van der Waals surface area contributed by atoms with Gasteiger partial charge in [-0.05, 0) is 111 Å². The molecule has 254 valence electrons. The van der Waals surface area contributed by atoms with Crippen molar-refractivity contribution in [3.05, 3.63) is 100 Å². The first-order valence-corrected chi connectivity index (χ1v) is 18.7. The van der Waals surface area contributed by atoms with Gasteiger partial charge in [0.15, 0.2) is 0 Å². The van der Waals surface area contributed by atoms with Gasteiger partial charge in [-0.15, -0.1) is 0 Å². The van der Waals surface area contributed by atoms with Gasteiger partial charge in [0.1, 0.15) is 22.9 Å². The minimum Gasteiger partial charge on any atom is -0.490 e. The SMILES string of the molecule is C[C@@H]1[C@@H](C)C/C=C\[C@](O)(c2ncccc2F)[C@@H]2CC[C@H]2CN2C[C@@]3(CCCc4cc(Cl)ccc43)COc3ccc(cc32)C(=O)NS1(=O)=O. The zero-order valence-corrected chi connectivity index (χ0v) is 28.7. The van der Waals surface area contributed by atoms with Crippen LogP contribution in [0.4, 0.5) is 10.1 Å². The maximum atomic E-state index is 15.4. The molecule has 3 heterocycles. The largest absolute Gasteiger partial charge is 0.490 e. The Bertz CT molecular complexity index is 1890. The number of halogens is 2. The van der Waals surface area contributed by atoms with Crippen LogP contribution in [0.2, 0.25) is 5.02 Å². The van der Waals surface area contributed by atoms with Crippen LogP contribution < -0.4 is 14.4 Å². The molecule has 0 radical (unpaired) electrons. The third-order valence-corrected chi connectivity index (χ3v) is 13.4. The van der Waals surface area contributed by atoms with Crippen LogP contribution in [-0.4, -0.2) is 49.4 Å². The van der Waals surface area contributed by atoms with Crippen molar-refractivity contribution >= 4 is 33.2 Å². The van der Waals surface area contributed by atoms with Gasteiger partial charge in [0, 0.05) is 41.2 Å². The highest BCUT2D eigenvalue weighted by Gasteiger charge is 2.50. The predicted octanol–water partition coefficient (Wildman–Crippen LogP) is 6.31. The maximum absolute atomic E-state index is 15.4. The molecule has 0 saturated heterocycles. The number of hydrogen-bond acceptors (Lipinski definition) is 7. The number of pyridine rings is 1. The summed E-state index contributed by atoms with van der Waals surface area (Å²) >= 11 is 6.42. The van der Waals surface area contributed by atoms with E-state index >= 15 is 4.39 Å². The highest BCUT2D eigenvalue weighted by molar-refractivity contribution is 7.90. The van der Waals surface area contributed by atoms with E-state index in [0.717, 1.165) is 25.7 Å². The average Bonchev–Trinajstić information content (AvgIpc) is 3.18. The van der Waals surface area contributed by atoms with Gasteiger partial charge in [-0.3, -0.25) is 9.78 Å². The number of nitrogens with one attached hydrogen (secondary N) is 1. The molecule has 1 spiro atoms. The summed E-state index contributed by atoms with van der Waals surface area (Å²) in [7, 11) is -4.06. The van der Waals surface area contributed by atoms with Crippen molar-refractivity contribution in [1.29, 1.82) is 0 Å². The number of carbonyl (C=O) groups is 1. The van der Waals surface area contributed by atoms with Crippen molar-refractivity contribution in [3.63, 3.8) is 0 Å². The first-order valence-electron chi connectivity index (χ1n) is 16.8. The molecule has 1 aromatic heterocycles. The Morgan fingerprint density at radius 3 is 2.75 bits per heavy atom. The number of ether oxygens (including phenoxy) is 1. The number of nitrogens with zero attached hydrogens (tertiary/aromatic N) is 2. The summed E-state index contributed by atoms with van der Waals surface area (Å²) in [4.78, 5) is 20.0. The first-order chi connectivity index (χ1) is 22.9. The van der Waals surface area contributed by atoms with Crippen molar-refractivity contribution in [2.75, 3.05) is 24.6 Å². The lowest BCUT2D eigenvalue weighted by molar-refractivity contribution is -0.0552. The Morgan fingerprint density at radius 1 is 1.15 bits per heavy atom. The molecule has 8 nitrogen and oxygen atoms in total. The Kier molecular flexibility index (Phi) is 8.57. The number of anilines is 1. The summed E-state index contributed by atoms with van der Waals surface area (Å²) in [5.74, 6) is -1.50. The van der Waals surface area contributed by atoms with E-state index in [1.165, 1.54) is 29.5 Å². The number of aromatic nitrogens is 1. The lowest BCUT2D eigenvalue weighted by Gasteiger charge is -2.49. The van der Waals surface area contributed by atoms with Crippen molar-refractivity contribution in [1.82, 2.24) is 9.71 Å². The third-order valence-electron chi connectivity index (χ3n) is 11.3. The van der Waals surface area contributed by atoms with Crippen molar-refractivity contribution < 1.29 is 27.4 Å². The van der Waals surface area contributed by atoms with Crippen LogP contribution in [-0.2, 0) is 27.5 Å². The average molecular weight is 694 g/mol. The summed E-state index contributed by atoms with van der Waals surface area (Å²) in [6.07, 6.45) is 9.34. The van der Waals surface area contributed by atoms with Crippen LogP contribution in [0.5, 0.6) is 5.75 Å². The predicted molar refractivity (Wildman–Crippen MR) is 183 cm³/mol. The van der Waals surface area contributed by atoms with Crippen LogP contribution in [0.3, 0.4) is 0 Å². The molecule has 4 aliphatic rings. The smallest absolute Gasteiger partial charge is 0.264 e. The highest BCUT2D eigenvalue weighted by Crippen LogP contribution is 2.50. The molecule has 48 heavy (non-hydrogen) atoms. The normalized spacial score (nSPS) is 32.1. The topological polar surface area (TPSA) is 109 Å². The molecule has 2 aliphatic heterocycles. The van der Waals surface area contributed by atoms with Gasteiger partial charge in [-0.2, -0.15) is 0 Å². The number of benzene rings is 2. The number of fused-ring (bicyclic) bond motifs is 4. The Morgan fingerprint density at radius 2 is 1.98 bits per heavy atom. The summed E-state index contributed by atoms with van der Waals surface area (Å²) in [5.41, 5.74) is 1.15. The second-order valence-electron chi connectivity index (χ2n) is 14.2. The van der Waals surface area contributed by atoms with E-state index in [9.17, 15) is 18.3 Å². The number of aryl methyl sites for hydroxylation is 1. The molecule has 6 atom stereocenters. The summed E-state index contributed by atoms with van der Waals surface area (Å²) in [5, 5.41) is 12.2. The van der Waals surface area contributed by atoms with E-state index in [-0.39, 0.29) is 28.5 Å². The first kappa shape index (κ1) is 33.0. The fourth-order valence-corrected chi connectivity index (χ4v) is 9.68. The number of hydrogen-bond donors (Lipinski definition) is 2. The van der Waals surface area contributed by atoms with Gasteiger partial charge in [0.25, 0.3) is 5.91 Å². The quantitative estimate of drug-likeness (QED) is 0.288. The molecule has 7 rings (SSSR count). The zero-order chi connectivity index (χ0) is 33.8. The van der Waals surface area contributed by atoms with Crippen LogP contribution >= 0.6 is 11.6 Å². The van der Waals surface area contributed by atoms with Gasteiger partial charge < -0.3 is 14.7 Å². The molecule has 1 saturated carbocycles. The number of amides is 1. The fraction of sp³-hybridized carbons (Fsp3) is 0.459. The van der Waals surface area contributed by atoms with Gasteiger partial charge >= 0.3 is 0 Å². The van der Waals surface area contributed by atoms with E-state index in [1.807, 2.05) is 12.1 Å². The summed E-state index contributed by atoms with van der Waals surface area (Å²) in [6.45, 7) is 4.83. The number of allylic oxidation sites excluding steroid dienone is 1. The zero-order valence-electron chi connectivity index (χ0n) is 27.2. The van der Waals surface area contributed by atoms with E-state index in [4.69, 9.17) is 16.3 Å². The van der Waals surface area contributed by atoms with Crippen molar-refractivity contribution in [3.8, 4) is 5.75 Å². The lowest BCUT2D eigenvalue weighted by Crippen LogP contribution is -2.52. The van der Waals surface area contributed by atoms with Gasteiger partial charge in [0.05, 0.1) is 17.5 Å².